The molecule has 7 heteroatoms. The number of para-hydroxylation sites is 1. The number of hydrogen-bond donors (Lipinski definition) is 0. The van der Waals surface area contributed by atoms with Gasteiger partial charge in [0.05, 0.1) is 23.9 Å². The van der Waals surface area contributed by atoms with Crippen LogP contribution in [0.2, 0.25) is 0 Å². The van der Waals surface area contributed by atoms with E-state index in [9.17, 15) is 4.79 Å². The lowest BCUT2D eigenvalue weighted by Gasteiger charge is -2.35. The van der Waals surface area contributed by atoms with E-state index >= 15 is 0 Å². The Labute approximate surface area is 195 Å². The summed E-state index contributed by atoms with van der Waals surface area (Å²) < 4.78 is 7.61. The summed E-state index contributed by atoms with van der Waals surface area (Å²) in [6.45, 7) is 9.69. The number of piperidine rings is 1. The number of rotatable bonds is 5. The molecule has 0 saturated carbocycles. The predicted octanol–water partition coefficient (Wildman–Crippen LogP) is 4.65. The second-order valence-electron chi connectivity index (χ2n) is 9.40. The zero-order valence-electron chi connectivity index (χ0n) is 19.8. The van der Waals surface area contributed by atoms with Gasteiger partial charge in [0.2, 0.25) is 0 Å². The molecule has 0 bridgehead atoms. The van der Waals surface area contributed by atoms with E-state index in [0.29, 0.717) is 23.8 Å². The van der Waals surface area contributed by atoms with E-state index in [1.165, 1.54) is 6.42 Å². The molecule has 7 nitrogen and oxygen atoms in total. The molecule has 2 atom stereocenters. The lowest BCUT2D eigenvalue weighted by Crippen LogP contribution is -2.38. The number of ether oxygens (including phenoxy) is 1. The molecule has 0 radical (unpaired) electrons. The fourth-order valence-electron chi connectivity index (χ4n) is 5.19. The van der Waals surface area contributed by atoms with Gasteiger partial charge in [-0.15, -0.1) is 0 Å². The van der Waals surface area contributed by atoms with Crippen LogP contribution in [0.3, 0.4) is 0 Å². The maximum atomic E-state index is 13.6. The molecule has 0 aliphatic carbocycles. The van der Waals surface area contributed by atoms with Crippen molar-refractivity contribution in [2.24, 2.45) is 5.92 Å². The first-order valence-electron chi connectivity index (χ1n) is 12.2. The Hall–Kier alpha value is -3.09. The Kier molecular flexibility index (Phi) is 5.96. The lowest BCUT2D eigenvalue weighted by atomic mass is 9.98. The van der Waals surface area contributed by atoms with Crippen molar-refractivity contribution >= 4 is 17.4 Å². The van der Waals surface area contributed by atoms with Gasteiger partial charge >= 0.3 is 0 Å². The van der Waals surface area contributed by atoms with E-state index < -0.39 is 0 Å². The van der Waals surface area contributed by atoms with Crippen molar-refractivity contribution in [3.8, 4) is 5.75 Å². The molecule has 2 aromatic heterocycles. The maximum Gasteiger partial charge on any atom is 0.258 e. The number of anilines is 1. The second-order valence-corrected chi connectivity index (χ2v) is 9.40. The molecular formula is C26H33N5O2. The topological polar surface area (TPSA) is 63.0 Å². The second kappa shape index (κ2) is 9.04. The van der Waals surface area contributed by atoms with Crippen molar-refractivity contribution in [2.45, 2.75) is 52.5 Å². The van der Waals surface area contributed by atoms with Gasteiger partial charge in [0.1, 0.15) is 11.6 Å². The largest absolute Gasteiger partial charge is 0.493 e. The first-order chi connectivity index (χ1) is 16.0. The quantitative estimate of drug-likeness (QED) is 0.570. The highest BCUT2D eigenvalue weighted by Crippen LogP contribution is 2.34. The minimum atomic E-state index is -0.0572. The van der Waals surface area contributed by atoms with Crippen molar-refractivity contribution in [2.75, 3.05) is 31.1 Å². The highest BCUT2D eigenvalue weighted by molar-refractivity contribution is 5.97. The first kappa shape index (κ1) is 21.7. The molecule has 1 aromatic carbocycles. The van der Waals surface area contributed by atoms with Gasteiger partial charge in [-0.05, 0) is 57.6 Å². The molecule has 2 aliphatic rings. The van der Waals surface area contributed by atoms with Crippen LogP contribution in [0.5, 0.6) is 5.75 Å². The molecule has 0 unspecified atom stereocenters. The smallest absolute Gasteiger partial charge is 0.258 e. The predicted molar refractivity (Wildman–Crippen MR) is 129 cm³/mol. The Bertz CT molecular complexity index is 1160. The number of aryl methyl sites for hydroxylation is 1. The van der Waals surface area contributed by atoms with E-state index in [1.807, 2.05) is 40.6 Å². The van der Waals surface area contributed by atoms with Gasteiger partial charge in [-0.25, -0.2) is 9.50 Å². The van der Waals surface area contributed by atoms with Crippen LogP contribution < -0.4 is 9.64 Å². The van der Waals surface area contributed by atoms with Gasteiger partial charge in [-0.3, -0.25) is 4.79 Å². The summed E-state index contributed by atoms with van der Waals surface area (Å²) in [6, 6.07) is 9.54. The first-order valence-corrected chi connectivity index (χ1v) is 12.2. The third kappa shape index (κ3) is 4.16. The van der Waals surface area contributed by atoms with E-state index in [0.717, 1.165) is 61.6 Å². The number of likely N-dealkylation sites (tertiary alicyclic amines) is 1. The molecule has 33 heavy (non-hydrogen) atoms. The monoisotopic (exact) mass is 447 g/mol. The molecule has 2 fully saturated rings. The van der Waals surface area contributed by atoms with Crippen LogP contribution in [0.25, 0.3) is 5.65 Å². The van der Waals surface area contributed by atoms with E-state index in [-0.39, 0.29) is 11.9 Å². The summed E-state index contributed by atoms with van der Waals surface area (Å²) in [5.41, 5.74) is 3.51. The molecular weight excluding hydrogens is 414 g/mol. The van der Waals surface area contributed by atoms with E-state index in [2.05, 4.69) is 31.0 Å². The average Bonchev–Trinajstić information content (AvgIpc) is 3.44. The number of aromatic nitrogens is 3. The van der Waals surface area contributed by atoms with Crippen LogP contribution in [-0.4, -0.2) is 51.6 Å². The number of hydrogen-bond acceptors (Lipinski definition) is 5. The molecule has 0 N–H and O–H groups in total. The average molecular weight is 448 g/mol. The molecule has 2 saturated heterocycles. The molecule has 0 spiro atoms. The van der Waals surface area contributed by atoms with Crippen LogP contribution in [-0.2, 0) is 0 Å². The fraction of sp³-hybridized carbons (Fsp3) is 0.500. The standard InChI is InChI=1S/C26H33N5O2/c1-4-33-23-11-6-5-9-20(23)26(32)30-13-8-7-10-22(30)21-15-24-27-25(19(3)17-31(24)28-21)29-14-12-18(2)16-29/h5-6,9,11,15,17-18,22H,4,7-8,10,12-14,16H2,1-3H3/t18-,22-/m0/s1. The minimum Gasteiger partial charge on any atom is -0.493 e. The van der Waals surface area contributed by atoms with Gasteiger partial charge in [-0.2, -0.15) is 5.10 Å². The van der Waals surface area contributed by atoms with Crippen LogP contribution in [0, 0.1) is 12.8 Å². The number of nitrogens with zero attached hydrogens (tertiary/aromatic N) is 5. The zero-order valence-corrected chi connectivity index (χ0v) is 19.8. The summed E-state index contributed by atoms with van der Waals surface area (Å²) in [6.07, 6.45) is 6.27. The van der Waals surface area contributed by atoms with Crippen LogP contribution in [0.1, 0.15) is 67.2 Å². The normalized spacial score (nSPS) is 21.1. The van der Waals surface area contributed by atoms with Crippen molar-refractivity contribution in [3.63, 3.8) is 0 Å². The summed E-state index contributed by atoms with van der Waals surface area (Å²) >= 11 is 0. The van der Waals surface area contributed by atoms with Gasteiger partial charge in [-0.1, -0.05) is 19.1 Å². The fourth-order valence-corrected chi connectivity index (χ4v) is 5.19. The zero-order chi connectivity index (χ0) is 22.9. The van der Waals surface area contributed by atoms with Crippen molar-refractivity contribution in [1.29, 1.82) is 0 Å². The highest BCUT2D eigenvalue weighted by atomic mass is 16.5. The van der Waals surface area contributed by atoms with Gasteiger partial charge < -0.3 is 14.5 Å². The maximum absolute atomic E-state index is 13.6. The van der Waals surface area contributed by atoms with Gasteiger partial charge in [0.15, 0.2) is 5.65 Å². The highest BCUT2D eigenvalue weighted by Gasteiger charge is 2.32. The molecule has 3 aromatic rings. The van der Waals surface area contributed by atoms with Crippen molar-refractivity contribution in [1.82, 2.24) is 19.5 Å². The Morgan fingerprint density at radius 2 is 2.03 bits per heavy atom. The summed E-state index contributed by atoms with van der Waals surface area (Å²) in [5.74, 6) is 2.41. The number of fused-ring (bicyclic) bond motifs is 1. The van der Waals surface area contributed by atoms with Crippen molar-refractivity contribution < 1.29 is 9.53 Å². The van der Waals surface area contributed by atoms with E-state index in [1.54, 1.807) is 0 Å². The molecule has 4 heterocycles. The number of benzene rings is 1. The molecule has 1 amide bonds. The Morgan fingerprint density at radius 1 is 1.18 bits per heavy atom. The van der Waals surface area contributed by atoms with Crippen LogP contribution >= 0.6 is 0 Å². The third-order valence-electron chi connectivity index (χ3n) is 6.87. The van der Waals surface area contributed by atoms with Crippen molar-refractivity contribution in [3.05, 3.63) is 53.3 Å². The molecule has 5 rings (SSSR count). The third-order valence-corrected chi connectivity index (χ3v) is 6.87. The summed E-state index contributed by atoms with van der Waals surface area (Å²) in [5, 5.41) is 4.88. The molecule has 2 aliphatic heterocycles. The summed E-state index contributed by atoms with van der Waals surface area (Å²) in [7, 11) is 0. The van der Waals surface area contributed by atoms with Crippen LogP contribution in [0.15, 0.2) is 36.5 Å². The number of carbonyl (C=O) groups is 1. The minimum absolute atomic E-state index is 0.0108. The van der Waals surface area contributed by atoms with Gasteiger partial charge in [0.25, 0.3) is 5.91 Å². The Balaban J connectivity index is 1.47. The lowest BCUT2D eigenvalue weighted by molar-refractivity contribution is 0.0601. The van der Waals surface area contributed by atoms with Crippen LogP contribution in [0.4, 0.5) is 5.82 Å². The van der Waals surface area contributed by atoms with Gasteiger partial charge in [0, 0.05) is 37.5 Å². The summed E-state index contributed by atoms with van der Waals surface area (Å²) in [4.78, 5) is 22.9. The number of carbonyl (C=O) groups excluding carboxylic acids is 1. The Morgan fingerprint density at radius 3 is 2.82 bits per heavy atom. The molecule has 174 valence electrons. The number of amides is 1. The van der Waals surface area contributed by atoms with E-state index in [4.69, 9.17) is 14.8 Å². The SMILES string of the molecule is CCOc1ccccc1C(=O)N1CCCC[C@H]1c1cc2nc(N3CC[C@H](C)C3)c(C)cn2n1.